The third-order valence-corrected chi connectivity index (χ3v) is 4.45. The molecule has 0 radical (unpaired) electrons. The number of thiol groups is 1. The molecule has 1 unspecified atom stereocenters. The maximum Gasteiger partial charge on any atom is 0.304 e. The predicted octanol–water partition coefficient (Wildman–Crippen LogP) is 4.56. The third-order valence-electron chi connectivity index (χ3n) is 4.13. The molecule has 2 rings (SSSR count). The highest BCUT2D eigenvalue weighted by molar-refractivity contribution is 7.96. The van der Waals surface area contributed by atoms with Gasteiger partial charge >= 0.3 is 5.97 Å². The van der Waals surface area contributed by atoms with Crippen LogP contribution in [0.25, 0.3) is 11.1 Å². The number of hydrogen-bond donors (Lipinski definition) is 2. The van der Waals surface area contributed by atoms with E-state index in [4.69, 9.17) is 9.52 Å². The number of rotatable bonds is 6. The second kappa shape index (κ2) is 6.83. The zero-order valence-corrected chi connectivity index (χ0v) is 16.2. The lowest BCUT2D eigenvalue weighted by molar-refractivity contribution is -0.138. The van der Waals surface area contributed by atoms with Crippen LogP contribution in [-0.4, -0.2) is 21.2 Å². The lowest BCUT2D eigenvalue weighted by Crippen LogP contribution is -2.24. The fourth-order valence-corrected chi connectivity index (χ4v) is 3.60. The van der Waals surface area contributed by atoms with E-state index < -0.39 is 23.4 Å². The molecular weight excluding hydrogens is 338 g/mol. The highest BCUT2D eigenvalue weighted by atomic mass is 32.1. The maximum absolute atomic E-state index is 11.6. The summed E-state index contributed by atoms with van der Waals surface area (Å²) in [4.78, 5) is 26.9. The summed E-state index contributed by atoms with van der Waals surface area (Å²) >= 11 is 3.77. The van der Waals surface area contributed by atoms with Crippen LogP contribution in [0.5, 0.6) is 0 Å². The monoisotopic (exact) mass is 363 g/mol. The highest BCUT2D eigenvalue weighted by Crippen LogP contribution is 2.37. The van der Waals surface area contributed by atoms with Crippen molar-refractivity contribution in [3.8, 4) is 0 Å². The van der Waals surface area contributed by atoms with Gasteiger partial charge in [-0.3, -0.25) is 9.59 Å². The lowest BCUT2D eigenvalue weighted by atomic mass is 9.72. The van der Waals surface area contributed by atoms with Crippen molar-refractivity contribution in [1.29, 1.82) is 0 Å². The van der Waals surface area contributed by atoms with Gasteiger partial charge in [0.25, 0.3) is 0 Å². The summed E-state index contributed by atoms with van der Waals surface area (Å²) in [5.41, 5.74) is 2.40. The molecule has 6 heteroatoms. The number of carbonyl (C=O) groups excluding carboxylic acids is 1. The normalized spacial score (nSPS) is 13.8. The van der Waals surface area contributed by atoms with Crippen LogP contribution < -0.4 is 0 Å². The van der Waals surface area contributed by atoms with Gasteiger partial charge in [-0.2, -0.15) is 0 Å². The van der Waals surface area contributed by atoms with Crippen LogP contribution in [0.15, 0.2) is 22.6 Å². The quantitative estimate of drug-likeness (QED) is 0.736. The first-order valence-corrected chi connectivity index (χ1v) is 8.69. The average molecular weight is 363 g/mol. The van der Waals surface area contributed by atoms with E-state index in [-0.39, 0.29) is 16.7 Å². The van der Waals surface area contributed by atoms with Gasteiger partial charge in [0.05, 0.1) is 6.42 Å². The molecule has 0 amide bonds. The molecule has 1 heterocycles. The Labute approximate surface area is 153 Å². The van der Waals surface area contributed by atoms with Gasteiger partial charge in [-0.15, -0.1) is 12.6 Å². The summed E-state index contributed by atoms with van der Waals surface area (Å²) in [6, 6.07) is 5.79. The minimum absolute atomic E-state index is 0.0563. The van der Waals surface area contributed by atoms with E-state index >= 15 is 0 Å². The van der Waals surface area contributed by atoms with E-state index in [0.29, 0.717) is 11.1 Å². The zero-order chi connectivity index (χ0) is 19.0. The molecule has 0 aliphatic heterocycles. The van der Waals surface area contributed by atoms with Crippen molar-refractivity contribution in [3.05, 3.63) is 29.7 Å². The Morgan fingerprint density at radius 3 is 2.40 bits per heavy atom. The molecule has 1 aromatic carbocycles. The van der Waals surface area contributed by atoms with Crippen molar-refractivity contribution >= 4 is 34.8 Å². The number of fused-ring (bicyclic) bond motifs is 1. The van der Waals surface area contributed by atoms with Crippen LogP contribution in [0.1, 0.15) is 64.8 Å². The molecule has 136 valence electrons. The molecule has 5 nitrogen and oxygen atoms in total. The number of aliphatic carboxylic acids is 1. The Morgan fingerprint density at radius 1 is 1.24 bits per heavy atom. The number of benzene rings is 1. The van der Waals surface area contributed by atoms with Gasteiger partial charge < -0.3 is 9.52 Å². The minimum atomic E-state index is -1.10. The van der Waals surface area contributed by atoms with Crippen LogP contribution in [0, 0.1) is 5.41 Å². The predicted molar refractivity (Wildman–Crippen MR) is 100 cm³/mol. The first-order valence-electron chi connectivity index (χ1n) is 8.25. The van der Waals surface area contributed by atoms with Gasteiger partial charge in [0, 0.05) is 0 Å². The summed E-state index contributed by atoms with van der Waals surface area (Å²) in [7, 11) is 0. The van der Waals surface area contributed by atoms with Crippen LogP contribution >= 0.6 is 12.6 Å². The van der Waals surface area contributed by atoms with E-state index in [1.807, 2.05) is 18.2 Å². The first-order chi connectivity index (χ1) is 11.4. The number of hydrogen-bond acceptors (Lipinski definition) is 4. The summed E-state index contributed by atoms with van der Waals surface area (Å²) in [5, 5.41) is 8.40. The Kier molecular flexibility index (Phi) is 5.33. The molecule has 0 spiro atoms. The molecule has 2 aromatic rings. The summed E-state index contributed by atoms with van der Waals surface area (Å²) in [5.74, 6) is -1.98. The Morgan fingerprint density at radius 2 is 1.88 bits per heavy atom. The molecule has 0 bridgehead atoms. The van der Waals surface area contributed by atoms with E-state index in [2.05, 4.69) is 52.2 Å². The standard InChI is InChI=1S/C19H25NO4S/c1-18(2,3)10-19(4,5)11-6-7-13-14(8-11)24-16(20-13)12(17(23)25)9-15(21)22/h6-8,12H,9-10H2,1-5H3,(H,21,22)(H,23,25). The van der Waals surface area contributed by atoms with E-state index in [9.17, 15) is 9.59 Å². The molecule has 25 heavy (non-hydrogen) atoms. The molecule has 1 N–H and O–H groups in total. The molecular formula is C19H25NO4S. The fourth-order valence-electron chi connectivity index (χ4n) is 3.40. The number of carbonyl (C=O) groups is 2. The van der Waals surface area contributed by atoms with Crippen molar-refractivity contribution in [2.45, 2.75) is 58.8 Å². The van der Waals surface area contributed by atoms with E-state index in [1.165, 1.54) is 0 Å². The summed E-state index contributed by atoms with van der Waals surface area (Å²) < 4.78 is 5.71. The molecule has 1 atom stereocenters. The van der Waals surface area contributed by atoms with Gasteiger partial charge in [0.1, 0.15) is 11.4 Å². The molecule has 1 aromatic heterocycles. The molecule has 0 saturated carbocycles. The average Bonchev–Trinajstić information content (AvgIpc) is 2.84. The van der Waals surface area contributed by atoms with E-state index in [0.717, 1.165) is 12.0 Å². The largest absolute Gasteiger partial charge is 0.481 e. The van der Waals surface area contributed by atoms with Gasteiger partial charge in [-0.05, 0) is 34.9 Å². The molecule has 0 aliphatic carbocycles. The zero-order valence-electron chi connectivity index (χ0n) is 15.3. The lowest BCUT2D eigenvalue weighted by Gasteiger charge is -2.32. The Hall–Kier alpha value is -1.82. The van der Waals surface area contributed by atoms with Crippen molar-refractivity contribution in [1.82, 2.24) is 4.98 Å². The number of aromatic nitrogens is 1. The molecule has 0 aliphatic rings. The van der Waals surface area contributed by atoms with Crippen LogP contribution in [0.3, 0.4) is 0 Å². The number of oxazole rings is 1. The minimum Gasteiger partial charge on any atom is -0.481 e. The van der Waals surface area contributed by atoms with Gasteiger partial charge in [0.2, 0.25) is 5.89 Å². The Bertz CT molecular complexity index is 801. The summed E-state index contributed by atoms with van der Waals surface area (Å²) in [6.45, 7) is 11.0. The second-order valence-electron chi connectivity index (χ2n) is 8.34. The van der Waals surface area contributed by atoms with Crippen molar-refractivity contribution in [2.24, 2.45) is 5.41 Å². The third kappa shape index (κ3) is 4.84. The smallest absolute Gasteiger partial charge is 0.304 e. The SMILES string of the molecule is CC(C)(C)CC(C)(C)c1ccc2nc(C(CC(=O)O)C(=O)S)oc2c1. The van der Waals surface area contributed by atoms with Crippen molar-refractivity contribution in [2.75, 3.05) is 0 Å². The fraction of sp³-hybridized carbons (Fsp3) is 0.526. The number of carboxylic acid groups (broad SMARTS) is 1. The van der Waals surface area contributed by atoms with Crippen molar-refractivity contribution in [3.63, 3.8) is 0 Å². The molecule has 0 saturated heterocycles. The first kappa shape index (κ1) is 19.5. The Balaban J connectivity index is 2.41. The second-order valence-corrected chi connectivity index (χ2v) is 8.79. The van der Waals surface area contributed by atoms with Crippen molar-refractivity contribution < 1.29 is 19.1 Å². The molecule has 0 fully saturated rings. The topological polar surface area (TPSA) is 80.4 Å². The van der Waals surface area contributed by atoms with Crippen LogP contribution in [0.4, 0.5) is 0 Å². The van der Waals surface area contributed by atoms with Gasteiger partial charge in [-0.25, -0.2) is 4.98 Å². The summed E-state index contributed by atoms with van der Waals surface area (Å²) in [6.07, 6.45) is 0.598. The maximum atomic E-state index is 11.6. The van der Waals surface area contributed by atoms with Gasteiger partial charge in [0.15, 0.2) is 10.7 Å². The van der Waals surface area contributed by atoms with Crippen LogP contribution in [-0.2, 0) is 15.0 Å². The van der Waals surface area contributed by atoms with Gasteiger partial charge in [-0.1, -0.05) is 40.7 Å². The highest BCUT2D eigenvalue weighted by Gasteiger charge is 2.29. The van der Waals surface area contributed by atoms with E-state index in [1.54, 1.807) is 0 Å². The number of nitrogens with zero attached hydrogens (tertiary/aromatic N) is 1. The van der Waals surface area contributed by atoms with Crippen LogP contribution in [0.2, 0.25) is 0 Å². The number of carboxylic acids is 1.